The number of hydrogen-bond donors (Lipinski definition) is 2. The standard InChI is InChI=1S/C25H25ClN2O3/c1-16(2)22-12-7-17(3)13-23(22)31-15-24(29)27-20-8-10-21(11-9-20)28-25(30)18-5-4-6-19(26)14-18/h4-14,16H,15H2,1-3H3,(H,27,29)(H,28,30). The quantitative estimate of drug-likeness (QED) is 0.474. The van der Waals surface area contributed by atoms with Gasteiger partial charge in [-0.1, -0.05) is 43.6 Å². The number of amides is 2. The summed E-state index contributed by atoms with van der Waals surface area (Å²) in [5.74, 6) is 0.510. The molecule has 6 heteroatoms. The molecule has 2 N–H and O–H groups in total. The van der Waals surface area contributed by atoms with Crippen molar-refractivity contribution in [2.75, 3.05) is 17.2 Å². The molecule has 0 heterocycles. The molecule has 2 amide bonds. The van der Waals surface area contributed by atoms with Crippen LogP contribution < -0.4 is 15.4 Å². The monoisotopic (exact) mass is 436 g/mol. The van der Waals surface area contributed by atoms with Gasteiger partial charge in [0.1, 0.15) is 5.75 Å². The first-order valence-corrected chi connectivity index (χ1v) is 10.4. The molecule has 0 unspecified atom stereocenters. The van der Waals surface area contributed by atoms with E-state index in [2.05, 4.69) is 24.5 Å². The van der Waals surface area contributed by atoms with Gasteiger partial charge in [-0.05, 0) is 72.5 Å². The number of halogens is 1. The van der Waals surface area contributed by atoms with E-state index in [0.29, 0.717) is 27.9 Å². The van der Waals surface area contributed by atoms with Gasteiger partial charge >= 0.3 is 0 Å². The summed E-state index contributed by atoms with van der Waals surface area (Å²) in [4.78, 5) is 24.6. The molecule has 0 spiro atoms. The van der Waals surface area contributed by atoms with Crippen molar-refractivity contribution in [2.45, 2.75) is 26.7 Å². The molecule has 0 aliphatic heterocycles. The second-order valence-electron chi connectivity index (χ2n) is 7.57. The lowest BCUT2D eigenvalue weighted by Crippen LogP contribution is -2.20. The van der Waals surface area contributed by atoms with Gasteiger partial charge < -0.3 is 15.4 Å². The molecule has 0 saturated carbocycles. The van der Waals surface area contributed by atoms with E-state index in [0.717, 1.165) is 16.9 Å². The Kier molecular flexibility index (Phi) is 7.32. The average Bonchev–Trinajstić information content (AvgIpc) is 2.73. The Morgan fingerprint density at radius 1 is 0.935 bits per heavy atom. The van der Waals surface area contributed by atoms with E-state index < -0.39 is 0 Å². The number of carbonyl (C=O) groups excluding carboxylic acids is 2. The number of nitrogens with one attached hydrogen (secondary N) is 2. The normalized spacial score (nSPS) is 10.6. The maximum atomic E-state index is 12.3. The van der Waals surface area contributed by atoms with E-state index in [1.807, 2.05) is 25.1 Å². The highest BCUT2D eigenvalue weighted by Crippen LogP contribution is 2.27. The zero-order valence-electron chi connectivity index (χ0n) is 17.7. The number of aryl methyl sites for hydroxylation is 1. The van der Waals surface area contributed by atoms with Crippen LogP contribution in [0.25, 0.3) is 0 Å². The van der Waals surface area contributed by atoms with E-state index in [1.54, 1.807) is 48.5 Å². The van der Waals surface area contributed by atoms with E-state index in [9.17, 15) is 9.59 Å². The van der Waals surface area contributed by atoms with Crippen molar-refractivity contribution in [2.24, 2.45) is 0 Å². The third-order valence-corrected chi connectivity index (χ3v) is 4.90. The minimum atomic E-state index is -0.258. The average molecular weight is 437 g/mol. The van der Waals surface area contributed by atoms with Crippen LogP contribution >= 0.6 is 11.6 Å². The van der Waals surface area contributed by atoms with Crippen molar-refractivity contribution < 1.29 is 14.3 Å². The molecule has 0 aromatic heterocycles. The molecule has 0 bridgehead atoms. The second kappa shape index (κ2) is 10.1. The summed E-state index contributed by atoms with van der Waals surface area (Å²) >= 11 is 5.93. The zero-order valence-corrected chi connectivity index (χ0v) is 18.5. The van der Waals surface area contributed by atoms with Crippen LogP contribution in [-0.2, 0) is 4.79 Å². The summed E-state index contributed by atoms with van der Waals surface area (Å²) in [6.45, 7) is 6.08. The summed E-state index contributed by atoms with van der Waals surface area (Å²) in [7, 11) is 0. The first kappa shape index (κ1) is 22.4. The third kappa shape index (κ3) is 6.33. The highest BCUT2D eigenvalue weighted by atomic mass is 35.5. The molecule has 3 aromatic rings. The van der Waals surface area contributed by atoms with Crippen molar-refractivity contribution in [3.8, 4) is 5.75 Å². The molecule has 3 rings (SSSR count). The number of carbonyl (C=O) groups is 2. The van der Waals surface area contributed by atoms with Gasteiger partial charge in [0.25, 0.3) is 11.8 Å². The number of rotatable bonds is 7. The van der Waals surface area contributed by atoms with Crippen molar-refractivity contribution in [1.29, 1.82) is 0 Å². The lowest BCUT2D eigenvalue weighted by Gasteiger charge is -2.15. The molecule has 0 aliphatic rings. The summed E-state index contributed by atoms with van der Waals surface area (Å²) in [5.41, 5.74) is 3.84. The lowest BCUT2D eigenvalue weighted by molar-refractivity contribution is -0.118. The van der Waals surface area contributed by atoms with E-state index in [4.69, 9.17) is 16.3 Å². The van der Waals surface area contributed by atoms with Crippen molar-refractivity contribution in [3.63, 3.8) is 0 Å². The van der Waals surface area contributed by atoms with Gasteiger partial charge in [-0.3, -0.25) is 9.59 Å². The van der Waals surface area contributed by atoms with Crippen LogP contribution in [0.1, 0.15) is 41.3 Å². The summed E-state index contributed by atoms with van der Waals surface area (Å²) < 4.78 is 5.77. The minimum absolute atomic E-state index is 0.0869. The number of hydrogen-bond acceptors (Lipinski definition) is 3. The van der Waals surface area contributed by atoms with Crippen LogP contribution in [0.4, 0.5) is 11.4 Å². The van der Waals surface area contributed by atoms with Gasteiger partial charge in [0.2, 0.25) is 0 Å². The van der Waals surface area contributed by atoms with Crippen LogP contribution in [0.5, 0.6) is 5.75 Å². The van der Waals surface area contributed by atoms with Gasteiger partial charge in [0.15, 0.2) is 6.61 Å². The molecule has 3 aromatic carbocycles. The lowest BCUT2D eigenvalue weighted by atomic mass is 10.0. The van der Waals surface area contributed by atoms with Gasteiger partial charge in [0, 0.05) is 22.0 Å². The highest BCUT2D eigenvalue weighted by molar-refractivity contribution is 6.31. The Bertz CT molecular complexity index is 1080. The largest absolute Gasteiger partial charge is 0.483 e. The van der Waals surface area contributed by atoms with Gasteiger partial charge in [-0.2, -0.15) is 0 Å². The van der Waals surface area contributed by atoms with Crippen molar-refractivity contribution >= 4 is 34.8 Å². The summed E-state index contributed by atoms with van der Waals surface area (Å²) in [6.07, 6.45) is 0. The fraction of sp³-hybridized carbons (Fsp3) is 0.200. The molecular weight excluding hydrogens is 412 g/mol. The molecule has 0 fully saturated rings. The molecule has 31 heavy (non-hydrogen) atoms. The molecule has 5 nitrogen and oxygen atoms in total. The summed E-state index contributed by atoms with van der Waals surface area (Å²) in [6, 6.07) is 19.6. The Labute approximate surface area is 187 Å². The Hall–Kier alpha value is -3.31. The van der Waals surface area contributed by atoms with E-state index >= 15 is 0 Å². The number of benzene rings is 3. The molecular formula is C25H25ClN2O3. The smallest absolute Gasteiger partial charge is 0.262 e. The van der Waals surface area contributed by atoms with Crippen LogP contribution in [0.3, 0.4) is 0 Å². The van der Waals surface area contributed by atoms with Crippen molar-refractivity contribution in [3.05, 3.63) is 88.4 Å². The van der Waals surface area contributed by atoms with Crippen LogP contribution in [-0.4, -0.2) is 18.4 Å². The van der Waals surface area contributed by atoms with E-state index in [-0.39, 0.29) is 18.4 Å². The van der Waals surface area contributed by atoms with Crippen LogP contribution in [0.15, 0.2) is 66.7 Å². The van der Waals surface area contributed by atoms with Crippen LogP contribution in [0.2, 0.25) is 5.02 Å². The number of ether oxygens (including phenoxy) is 1. The SMILES string of the molecule is Cc1ccc(C(C)C)c(OCC(=O)Nc2ccc(NC(=O)c3cccc(Cl)c3)cc2)c1. The zero-order chi connectivity index (χ0) is 22.4. The topological polar surface area (TPSA) is 67.4 Å². The molecule has 0 aliphatic carbocycles. The van der Waals surface area contributed by atoms with Gasteiger partial charge in [-0.15, -0.1) is 0 Å². The molecule has 0 saturated heterocycles. The fourth-order valence-electron chi connectivity index (χ4n) is 3.05. The Morgan fingerprint density at radius 3 is 2.26 bits per heavy atom. The van der Waals surface area contributed by atoms with Gasteiger partial charge in [-0.25, -0.2) is 0 Å². The van der Waals surface area contributed by atoms with Crippen LogP contribution in [0, 0.1) is 6.92 Å². The first-order valence-electron chi connectivity index (χ1n) is 10.0. The molecule has 0 radical (unpaired) electrons. The predicted molar refractivity (Wildman–Crippen MR) is 125 cm³/mol. The second-order valence-corrected chi connectivity index (χ2v) is 8.01. The van der Waals surface area contributed by atoms with Crippen molar-refractivity contribution in [1.82, 2.24) is 0 Å². The summed E-state index contributed by atoms with van der Waals surface area (Å²) in [5, 5.41) is 6.10. The van der Waals surface area contributed by atoms with E-state index in [1.165, 1.54) is 0 Å². The third-order valence-electron chi connectivity index (χ3n) is 4.66. The fourth-order valence-corrected chi connectivity index (χ4v) is 3.24. The minimum Gasteiger partial charge on any atom is -0.483 e. The molecule has 0 atom stereocenters. The maximum absolute atomic E-state index is 12.3. The molecule has 160 valence electrons. The Morgan fingerprint density at radius 2 is 1.61 bits per heavy atom. The highest BCUT2D eigenvalue weighted by Gasteiger charge is 2.11. The predicted octanol–water partition coefficient (Wildman–Crippen LogP) is 6.04. The maximum Gasteiger partial charge on any atom is 0.262 e. The number of anilines is 2. The first-order chi connectivity index (χ1) is 14.8. The van der Waals surface area contributed by atoms with Gasteiger partial charge in [0.05, 0.1) is 0 Å². The Balaban J connectivity index is 1.56.